The SMILES string of the molecule is COc1cc(OC(C)=O)c2c3c1O[C@H]1[C@@H](N(CC(C)C)C(=O)C=Cc4ccccc4)CC[C@H]4[C@@H](C2)N(C)CC[C@@]341. The number of likely N-dealkylation sites (tertiary alicyclic amines) is 1. The van der Waals surface area contributed by atoms with E-state index in [0.29, 0.717) is 35.9 Å². The summed E-state index contributed by atoms with van der Waals surface area (Å²) in [5, 5.41) is 0. The Morgan fingerprint density at radius 2 is 1.98 bits per heavy atom. The van der Waals surface area contributed by atoms with Gasteiger partial charge in [-0.25, -0.2) is 0 Å². The normalized spacial score (nSPS) is 28.2. The quantitative estimate of drug-likeness (QED) is 0.282. The maximum Gasteiger partial charge on any atom is 0.308 e. The van der Waals surface area contributed by atoms with Gasteiger partial charge in [0, 0.05) is 48.2 Å². The van der Waals surface area contributed by atoms with Crippen LogP contribution < -0.4 is 14.2 Å². The van der Waals surface area contributed by atoms with Gasteiger partial charge in [0.25, 0.3) is 0 Å². The van der Waals surface area contributed by atoms with E-state index < -0.39 is 0 Å². The Kier molecular flexibility index (Phi) is 6.89. The molecule has 1 amide bonds. The Morgan fingerprint density at radius 3 is 2.67 bits per heavy atom. The third-order valence-electron chi connectivity index (χ3n) is 9.57. The van der Waals surface area contributed by atoms with E-state index in [1.165, 1.54) is 6.92 Å². The minimum Gasteiger partial charge on any atom is -0.493 e. The van der Waals surface area contributed by atoms with Crippen LogP contribution in [0.5, 0.6) is 17.2 Å². The van der Waals surface area contributed by atoms with E-state index >= 15 is 0 Å². The van der Waals surface area contributed by atoms with Crippen molar-refractivity contribution in [2.45, 2.75) is 70.1 Å². The summed E-state index contributed by atoms with van der Waals surface area (Å²) < 4.78 is 18.6. The number of carbonyl (C=O) groups excluding carboxylic acids is 2. The van der Waals surface area contributed by atoms with Crippen LogP contribution in [0.25, 0.3) is 6.08 Å². The highest BCUT2D eigenvalue weighted by atomic mass is 16.5. The molecule has 2 aliphatic carbocycles. The van der Waals surface area contributed by atoms with Gasteiger partial charge in [0.2, 0.25) is 5.91 Å². The molecule has 1 saturated carbocycles. The highest BCUT2D eigenvalue weighted by molar-refractivity contribution is 5.92. The Labute approximate surface area is 237 Å². The summed E-state index contributed by atoms with van der Waals surface area (Å²) in [6, 6.07) is 12.0. The molecule has 7 nitrogen and oxygen atoms in total. The third-order valence-corrected chi connectivity index (χ3v) is 9.57. The fourth-order valence-corrected chi connectivity index (χ4v) is 8.08. The van der Waals surface area contributed by atoms with Crippen LogP contribution in [0.3, 0.4) is 0 Å². The van der Waals surface area contributed by atoms with Crippen molar-refractivity contribution in [1.29, 1.82) is 0 Å². The smallest absolute Gasteiger partial charge is 0.308 e. The monoisotopic (exact) mass is 544 g/mol. The lowest BCUT2D eigenvalue weighted by atomic mass is 9.51. The highest BCUT2D eigenvalue weighted by Crippen LogP contribution is 2.65. The average Bonchev–Trinajstić information content (AvgIpc) is 3.28. The van der Waals surface area contributed by atoms with Crippen LogP contribution in [-0.4, -0.2) is 67.1 Å². The van der Waals surface area contributed by atoms with Crippen LogP contribution in [0, 0.1) is 11.8 Å². The Bertz CT molecular complexity index is 1340. The predicted molar refractivity (Wildman–Crippen MR) is 154 cm³/mol. The number of amides is 1. The van der Waals surface area contributed by atoms with E-state index in [0.717, 1.165) is 54.7 Å². The summed E-state index contributed by atoms with van der Waals surface area (Å²) in [4.78, 5) is 30.5. The lowest BCUT2D eigenvalue weighted by Gasteiger charge is -2.60. The van der Waals surface area contributed by atoms with E-state index in [2.05, 4.69) is 30.7 Å². The molecule has 0 radical (unpaired) electrons. The zero-order chi connectivity index (χ0) is 28.2. The number of hydrogen-bond acceptors (Lipinski definition) is 6. The molecule has 2 fully saturated rings. The minimum absolute atomic E-state index is 0.0186. The number of methoxy groups -OCH3 is 1. The maximum absolute atomic E-state index is 13.9. The van der Waals surface area contributed by atoms with Crippen LogP contribution in [0.1, 0.15) is 56.7 Å². The number of rotatable bonds is 7. The molecule has 0 N–H and O–H groups in total. The lowest BCUT2D eigenvalue weighted by molar-refractivity contribution is -0.138. The van der Waals surface area contributed by atoms with Gasteiger partial charge in [-0.15, -0.1) is 0 Å². The van der Waals surface area contributed by atoms with Gasteiger partial charge in [-0.3, -0.25) is 9.59 Å². The van der Waals surface area contributed by atoms with Crippen LogP contribution in [0.2, 0.25) is 0 Å². The first-order valence-electron chi connectivity index (χ1n) is 14.6. The first-order chi connectivity index (χ1) is 19.2. The predicted octanol–water partition coefficient (Wildman–Crippen LogP) is 4.86. The average molecular weight is 545 g/mol. The number of piperidine rings is 1. The maximum atomic E-state index is 13.9. The molecular formula is C33H40N2O5. The fraction of sp³-hybridized carbons (Fsp3) is 0.515. The van der Waals surface area contributed by atoms with E-state index in [9.17, 15) is 9.59 Å². The molecule has 1 spiro atoms. The summed E-state index contributed by atoms with van der Waals surface area (Å²) in [6.07, 6.45) is 7.08. The first-order valence-corrected chi connectivity index (χ1v) is 14.6. The van der Waals surface area contributed by atoms with Crippen molar-refractivity contribution in [3.05, 3.63) is 59.2 Å². The molecule has 2 aliphatic heterocycles. The first kappa shape index (κ1) is 26.9. The second-order valence-corrected chi connectivity index (χ2v) is 12.3. The van der Waals surface area contributed by atoms with Gasteiger partial charge in [-0.2, -0.15) is 0 Å². The molecule has 4 aliphatic rings. The summed E-state index contributed by atoms with van der Waals surface area (Å²) in [5.74, 6) is 2.33. The van der Waals surface area contributed by atoms with E-state index in [-0.39, 0.29) is 29.4 Å². The van der Waals surface area contributed by atoms with Gasteiger partial charge in [0.05, 0.1) is 13.2 Å². The number of hydrogen-bond donors (Lipinski definition) is 0. The van der Waals surface area contributed by atoms with Gasteiger partial charge in [-0.1, -0.05) is 44.2 Å². The molecule has 2 aromatic rings. The second kappa shape index (κ2) is 10.3. The molecule has 5 atom stereocenters. The number of likely N-dealkylation sites (N-methyl/N-ethyl adjacent to an activating group) is 1. The van der Waals surface area contributed by atoms with Gasteiger partial charge in [0.1, 0.15) is 11.9 Å². The van der Waals surface area contributed by atoms with Crippen LogP contribution in [-0.2, 0) is 21.4 Å². The zero-order valence-electron chi connectivity index (χ0n) is 24.2. The Hall–Kier alpha value is -3.32. The second-order valence-electron chi connectivity index (χ2n) is 12.3. The van der Waals surface area contributed by atoms with Crippen molar-refractivity contribution in [3.8, 4) is 17.2 Å². The molecular weight excluding hydrogens is 504 g/mol. The number of carbonyl (C=O) groups is 2. The molecule has 1 saturated heterocycles. The topological polar surface area (TPSA) is 68.3 Å². The van der Waals surface area contributed by atoms with Crippen molar-refractivity contribution in [2.75, 3.05) is 27.2 Å². The van der Waals surface area contributed by atoms with Gasteiger partial charge >= 0.3 is 5.97 Å². The number of esters is 1. The Balaban J connectivity index is 1.45. The molecule has 40 heavy (non-hydrogen) atoms. The number of ether oxygens (including phenoxy) is 3. The third kappa shape index (κ3) is 4.21. The van der Waals surface area contributed by atoms with Crippen molar-refractivity contribution in [3.63, 3.8) is 0 Å². The van der Waals surface area contributed by atoms with Gasteiger partial charge in [0.15, 0.2) is 11.5 Å². The van der Waals surface area contributed by atoms with Crippen molar-refractivity contribution in [1.82, 2.24) is 9.80 Å². The van der Waals surface area contributed by atoms with Crippen LogP contribution in [0.15, 0.2) is 42.5 Å². The Morgan fingerprint density at radius 1 is 1.20 bits per heavy atom. The minimum atomic E-state index is -0.340. The standard InChI is InChI=1S/C33H40N2O5/c1-20(2)19-35(29(37)14-11-22-9-7-6-8-10-22)25-13-12-24-26-17-23-27(39-21(3)36)18-28(38-5)31-30(23)33(24,32(25)40-31)15-16-34(26)4/h6-11,14,18,20,24-26,32H,12-13,15-17,19H2,1-5H3/t24-,25-,26+,32-,33-/m0/s1. The van der Waals surface area contributed by atoms with Crippen molar-refractivity contribution in [2.24, 2.45) is 11.8 Å². The molecule has 2 aromatic carbocycles. The van der Waals surface area contributed by atoms with Gasteiger partial charge < -0.3 is 24.0 Å². The molecule has 2 heterocycles. The molecule has 0 aromatic heterocycles. The summed E-state index contributed by atoms with van der Waals surface area (Å²) in [7, 11) is 3.84. The lowest BCUT2D eigenvalue weighted by Crippen LogP contribution is -2.68. The number of benzene rings is 2. The van der Waals surface area contributed by atoms with Crippen molar-refractivity contribution < 1.29 is 23.8 Å². The van der Waals surface area contributed by atoms with Gasteiger partial charge in [-0.05, 0) is 62.8 Å². The van der Waals surface area contributed by atoms with E-state index in [1.807, 2.05) is 42.5 Å². The van der Waals surface area contributed by atoms with E-state index in [4.69, 9.17) is 14.2 Å². The van der Waals surface area contributed by atoms with Crippen LogP contribution in [0.4, 0.5) is 0 Å². The largest absolute Gasteiger partial charge is 0.493 e. The fourth-order valence-electron chi connectivity index (χ4n) is 8.08. The van der Waals surface area contributed by atoms with E-state index in [1.54, 1.807) is 13.2 Å². The molecule has 212 valence electrons. The summed E-state index contributed by atoms with van der Waals surface area (Å²) in [6.45, 7) is 7.38. The molecule has 2 bridgehead atoms. The zero-order valence-corrected chi connectivity index (χ0v) is 24.2. The number of nitrogens with zero attached hydrogens (tertiary/aromatic N) is 2. The summed E-state index contributed by atoms with van der Waals surface area (Å²) >= 11 is 0. The molecule has 0 unspecified atom stereocenters. The molecule has 6 rings (SSSR count). The van der Waals surface area contributed by atoms with Crippen LogP contribution >= 0.6 is 0 Å². The van der Waals surface area contributed by atoms with Crippen molar-refractivity contribution >= 4 is 18.0 Å². The summed E-state index contributed by atoms with van der Waals surface area (Å²) in [5.41, 5.74) is 2.96. The molecule has 7 heteroatoms. The highest BCUT2D eigenvalue weighted by Gasteiger charge is 2.67.